The molecule has 2 N–H and O–H groups in total. The molecule has 1 heterocycles. The summed E-state index contributed by atoms with van der Waals surface area (Å²) in [6.45, 7) is 2.47. The van der Waals surface area contributed by atoms with Crippen molar-refractivity contribution in [3.63, 3.8) is 0 Å². The topological polar surface area (TPSA) is 88.8 Å². The predicted octanol–water partition coefficient (Wildman–Crippen LogP) is 2.45. The van der Waals surface area contributed by atoms with Crippen LogP contribution in [0.4, 0.5) is 0 Å². The Morgan fingerprint density at radius 1 is 1.22 bits per heavy atom. The van der Waals surface area contributed by atoms with Gasteiger partial charge >= 0.3 is 5.97 Å². The van der Waals surface area contributed by atoms with E-state index in [1.165, 1.54) is 0 Å². The minimum Gasteiger partial charge on any atom is -0.486 e. The van der Waals surface area contributed by atoms with E-state index in [0.29, 0.717) is 28.1 Å². The summed E-state index contributed by atoms with van der Waals surface area (Å²) < 4.78 is 11.8. The summed E-state index contributed by atoms with van der Waals surface area (Å²) in [7, 11) is 5.83. The van der Waals surface area contributed by atoms with Crippen molar-refractivity contribution in [2.75, 3.05) is 27.7 Å². The smallest absolute Gasteiger partial charge is 0.305 e. The molecule has 1 atom stereocenters. The van der Waals surface area contributed by atoms with Gasteiger partial charge in [0.15, 0.2) is 5.76 Å². The number of carboxylic acid groups (broad SMARTS) is 1. The summed E-state index contributed by atoms with van der Waals surface area (Å²) >= 11 is 0. The number of nitrogens with zero attached hydrogens (tertiary/aromatic N) is 1. The number of carbonyl (C=O) groups is 2. The number of amides is 1. The minimum absolute atomic E-state index is 0.148. The van der Waals surface area contributed by atoms with Crippen molar-refractivity contribution >= 4 is 11.9 Å². The molecule has 1 aromatic heterocycles. The van der Waals surface area contributed by atoms with Crippen LogP contribution in [0.1, 0.15) is 28.3 Å². The largest absolute Gasteiger partial charge is 0.486 e. The molecule has 2 rings (SSSR count). The molecule has 0 radical (unpaired) electrons. The summed E-state index contributed by atoms with van der Waals surface area (Å²) in [5.41, 5.74) is 0.679. The first-order valence-corrected chi connectivity index (χ1v) is 8.74. The lowest BCUT2D eigenvalue weighted by Gasteiger charge is -2.28. The van der Waals surface area contributed by atoms with E-state index in [0.717, 1.165) is 0 Å². The molecule has 2 aromatic rings. The Balaban J connectivity index is 2.04. The molecule has 0 aliphatic heterocycles. The van der Waals surface area contributed by atoms with Crippen LogP contribution in [0.3, 0.4) is 0 Å². The molecular formula is C20H27N2O5+. The van der Waals surface area contributed by atoms with E-state index < -0.39 is 17.9 Å². The zero-order chi connectivity index (χ0) is 20.0. The Morgan fingerprint density at radius 3 is 2.48 bits per heavy atom. The maximum atomic E-state index is 12.6. The molecule has 0 aliphatic rings. The molecule has 27 heavy (non-hydrogen) atoms. The standard InChI is InChI=1S/C20H26N2O5/c1-14-10-17(13-26-16-8-6-5-7-9-16)27-19(14)20(25)21-15(11-18(23)24)12-22(2,3)4/h5-10,15H,11-13H2,1-4H3,(H-,21,23,24,25)/p+1/t15-/m1/s1. The highest BCUT2D eigenvalue weighted by atomic mass is 16.5. The third-order valence-electron chi connectivity index (χ3n) is 3.82. The monoisotopic (exact) mass is 375 g/mol. The molecule has 0 spiro atoms. The van der Waals surface area contributed by atoms with Crippen molar-refractivity contribution < 1.29 is 28.3 Å². The second kappa shape index (κ2) is 8.73. The van der Waals surface area contributed by atoms with Gasteiger partial charge < -0.3 is 24.1 Å². The molecule has 0 unspecified atom stereocenters. The second-order valence-electron chi connectivity index (χ2n) is 7.57. The van der Waals surface area contributed by atoms with Gasteiger partial charge in [-0.2, -0.15) is 0 Å². The van der Waals surface area contributed by atoms with E-state index in [4.69, 9.17) is 14.3 Å². The number of carboxylic acids is 1. The van der Waals surface area contributed by atoms with Crippen molar-refractivity contribution in [2.45, 2.75) is 26.0 Å². The van der Waals surface area contributed by atoms with E-state index in [1.54, 1.807) is 13.0 Å². The molecule has 1 aromatic carbocycles. The van der Waals surface area contributed by atoms with Crippen LogP contribution in [-0.4, -0.2) is 55.2 Å². The summed E-state index contributed by atoms with van der Waals surface area (Å²) in [6, 6.07) is 10.6. The van der Waals surface area contributed by atoms with Gasteiger partial charge in [-0.15, -0.1) is 0 Å². The van der Waals surface area contributed by atoms with E-state index in [9.17, 15) is 9.59 Å². The average molecular weight is 375 g/mol. The lowest BCUT2D eigenvalue weighted by Crippen LogP contribution is -2.49. The van der Waals surface area contributed by atoms with Crippen LogP contribution in [-0.2, 0) is 11.4 Å². The Bertz CT molecular complexity index is 777. The van der Waals surface area contributed by atoms with Crippen molar-refractivity contribution in [2.24, 2.45) is 0 Å². The van der Waals surface area contributed by atoms with Gasteiger partial charge in [0, 0.05) is 5.56 Å². The van der Waals surface area contributed by atoms with Gasteiger partial charge in [-0.1, -0.05) is 18.2 Å². The number of quaternary nitrogens is 1. The van der Waals surface area contributed by atoms with Crippen molar-refractivity contribution in [1.29, 1.82) is 0 Å². The van der Waals surface area contributed by atoms with Crippen LogP contribution in [0.25, 0.3) is 0 Å². The molecule has 1 amide bonds. The maximum Gasteiger partial charge on any atom is 0.305 e. The summed E-state index contributed by atoms with van der Waals surface area (Å²) in [5, 5.41) is 11.9. The number of hydrogen-bond acceptors (Lipinski definition) is 4. The van der Waals surface area contributed by atoms with Crippen LogP contribution < -0.4 is 10.1 Å². The summed E-state index contributed by atoms with van der Waals surface area (Å²) in [5.74, 6) is 0.0448. The zero-order valence-corrected chi connectivity index (χ0v) is 16.2. The lowest BCUT2D eigenvalue weighted by atomic mass is 10.1. The Morgan fingerprint density at radius 2 is 1.89 bits per heavy atom. The molecular weight excluding hydrogens is 348 g/mol. The van der Waals surface area contributed by atoms with Gasteiger partial charge in [0.1, 0.15) is 18.1 Å². The molecule has 7 heteroatoms. The first-order valence-electron chi connectivity index (χ1n) is 8.74. The maximum absolute atomic E-state index is 12.6. The summed E-state index contributed by atoms with van der Waals surface area (Å²) in [6.07, 6.45) is -0.148. The van der Waals surface area contributed by atoms with Crippen LogP contribution in [0.5, 0.6) is 5.75 Å². The highest BCUT2D eigenvalue weighted by molar-refractivity contribution is 5.93. The zero-order valence-electron chi connectivity index (χ0n) is 16.2. The molecule has 0 saturated carbocycles. The molecule has 7 nitrogen and oxygen atoms in total. The Hall–Kier alpha value is -2.80. The minimum atomic E-state index is -0.957. The Labute approximate surface area is 159 Å². The van der Waals surface area contributed by atoms with Gasteiger partial charge in [-0.25, -0.2) is 0 Å². The van der Waals surface area contributed by atoms with Gasteiger partial charge in [0.25, 0.3) is 5.91 Å². The lowest BCUT2D eigenvalue weighted by molar-refractivity contribution is -0.871. The number of furan rings is 1. The van der Waals surface area contributed by atoms with E-state index in [2.05, 4.69) is 5.32 Å². The van der Waals surface area contributed by atoms with Crippen LogP contribution in [0.15, 0.2) is 40.8 Å². The summed E-state index contributed by atoms with van der Waals surface area (Å²) in [4.78, 5) is 23.7. The van der Waals surface area contributed by atoms with Crippen LogP contribution >= 0.6 is 0 Å². The van der Waals surface area contributed by atoms with Crippen molar-refractivity contribution in [1.82, 2.24) is 5.32 Å². The fraction of sp³-hybridized carbons (Fsp3) is 0.400. The number of para-hydroxylation sites is 1. The highest BCUT2D eigenvalue weighted by Gasteiger charge is 2.25. The van der Waals surface area contributed by atoms with Gasteiger partial charge in [-0.05, 0) is 25.1 Å². The number of hydrogen-bond donors (Lipinski definition) is 2. The first-order chi connectivity index (χ1) is 12.6. The van der Waals surface area contributed by atoms with E-state index in [-0.39, 0.29) is 18.8 Å². The number of nitrogens with one attached hydrogen (secondary N) is 1. The fourth-order valence-corrected chi connectivity index (χ4v) is 2.80. The van der Waals surface area contributed by atoms with Crippen LogP contribution in [0.2, 0.25) is 0 Å². The number of rotatable bonds is 9. The fourth-order valence-electron chi connectivity index (χ4n) is 2.80. The highest BCUT2D eigenvalue weighted by Crippen LogP contribution is 2.18. The Kier molecular flexibility index (Phi) is 6.63. The number of benzene rings is 1. The number of aryl methyl sites for hydroxylation is 1. The van der Waals surface area contributed by atoms with Gasteiger partial charge in [0.2, 0.25) is 0 Å². The number of carbonyl (C=O) groups excluding carboxylic acids is 1. The number of aliphatic carboxylic acids is 1. The molecule has 0 fully saturated rings. The van der Waals surface area contributed by atoms with E-state index >= 15 is 0 Å². The molecule has 146 valence electrons. The van der Waals surface area contributed by atoms with E-state index in [1.807, 2.05) is 51.5 Å². The molecule has 0 saturated heterocycles. The number of ether oxygens (including phenoxy) is 1. The third-order valence-corrected chi connectivity index (χ3v) is 3.82. The average Bonchev–Trinajstić information content (AvgIpc) is 2.92. The van der Waals surface area contributed by atoms with Gasteiger partial charge in [0.05, 0.1) is 40.2 Å². The SMILES string of the molecule is Cc1cc(COc2ccccc2)oc1C(=O)N[C@H](CC(=O)O)C[N+](C)(C)C. The molecule has 0 bridgehead atoms. The van der Waals surface area contributed by atoms with Crippen molar-refractivity contribution in [3.05, 3.63) is 53.5 Å². The second-order valence-corrected chi connectivity index (χ2v) is 7.57. The number of likely N-dealkylation sites (N-methyl/N-ethyl adjacent to an activating group) is 1. The van der Waals surface area contributed by atoms with Gasteiger partial charge in [-0.3, -0.25) is 9.59 Å². The van der Waals surface area contributed by atoms with Crippen molar-refractivity contribution in [3.8, 4) is 5.75 Å². The normalized spacial score (nSPS) is 12.4. The molecule has 0 aliphatic carbocycles. The predicted molar refractivity (Wildman–Crippen MR) is 101 cm³/mol. The third kappa shape index (κ3) is 6.79. The van der Waals surface area contributed by atoms with Crippen LogP contribution in [0, 0.1) is 6.92 Å². The quantitative estimate of drug-likeness (QED) is 0.657. The first kappa shape index (κ1) is 20.5.